The van der Waals surface area contributed by atoms with E-state index in [-0.39, 0.29) is 21.6 Å². The van der Waals surface area contributed by atoms with Crippen molar-refractivity contribution in [2.75, 3.05) is 0 Å². The molecule has 3 nitrogen and oxygen atoms in total. The quantitative estimate of drug-likeness (QED) is 0.579. The first kappa shape index (κ1) is 15.6. The van der Waals surface area contributed by atoms with Crippen LogP contribution in [0.25, 0.3) is 5.57 Å². The van der Waals surface area contributed by atoms with Crippen LogP contribution in [0, 0.1) is 11.6 Å². The van der Waals surface area contributed by atoms with E-state index in [2.05, 4.69) is 15.9 Å². The molecule has 0 spiro atoms. The molecule has 116 valence electrons. The number of rotatable bonds is 2. The molecule has 0 saturated carbocycles. The Bertz CT molecular complexity index is 867. The molecule has 0 radical (unpaired) electrons. The second-order valence-electron chi connectivity index (χ2n) is 4.98. The van der Waals surface area contributed by atoms with Crippen LogP contribution in [0.1, 0.15) is 28.4 Å². The van der Waals surface area contributed by atoms with Crippen molar-refractivity contribution in [3.63, 3.8) is 0 Å². The highest BCUT2D eigenvalue weighted by atomic mass is 79.9. The third-order valence-corrected chi connectivity index (χ3v) is 4.09. The highest BCUT2D eigenvalue weighted by Crippen LogP contribution is 2.41. The number of hydrogen-bond donors (Lipinski definition) is 0. The molecular formula is C17H9BrF2O3. The predicted molar refractivity (Wildman–Crippen MR) is 83.4 cm³/mol. The van der Waals surface area contributed by atoms with Crippen LogP contribution in [0.2, 0.25) is 0 Å². The van der Waals surface area contributed by atoms with Gasteiger partial charge in [-0.15, -0.1) is 0 Å². The number of Topliss-reactive ketones (excluding diaryl/α,β-unsaturated/α-hetero) is 1. The average molecular weight is 379 g/mol. The Morgan fingerprint density at radius 1 is 1.04 bits per heavy atom. The summed E-state index contributed by atoms with van der Waals surface area (Å²) in [5, 5.41) is 0. The minimum absolute atomic E-state index is 0.206. The minimum Gasteiger partial charge on any atom is -0.427 e. The first-order valence-electron chi connectivity index (χ1n) is 6.60. The number of allylic oxidation sites excluding steroid dienone is 1. The van der Waals surface area contributed by atoms with Crippen LogP contribution >= 0.6 is 15.9 Å². The zero-order valence-electron chi connectivity index (χ0n) is 11.8. The van der Waals surface area contributed by atoms with Crippen LogP contribution in [0.5, 0.6) is 5.75 Å². The molecule has 0 atom stereocenters. The average Bonchev–Trinajstić information content (AvgIpc) is 2.69. The zero-order valence-corrected chi connectivity index (χ0v) is 13.4. The monoisotopic (exact) mass is 378 g/mol. The number of halogens is 3. The smallest absolute Gasteiger partial charge is 0.308 e. The molecule has 23 heavy (non-hydrogen) atoms. The summed E-state index contributed by atoms with van der Waals surface area (Å²) in [6, 6.07) is 7.61. The van der Waals surface area contributed by atoms with E-state index < -0.39 is 17.6 Å². The Labute approximate surface area is 138 Å². The summed E-state index contributed by atoms with van der Waals surface area (Å²) in [6.07, 6.45) is 0. The van der Waals surface area contributed by atoms with Crippen LogP contribution in [0.4, 0.5) is 8.78 Å². The first-order valence-corrected chi connectivity index (χ1v) is 7.40. The lowest BCUT2D eigenvalue weighted by atomic mass is 9.99. The molecule has 0 heterocycles. The Kier molecular flexibility index (Phi) is 3.85. The number of carbonyl (C=O) groups is 2. The maximum absolute atomic E-state index is 13.5. The number of carbonyl (C=O) groups excluding carboxylic acids is 2. The molecule has 6 heteroatoms. The van der Waals surface area contributed by atoms with Gasteiger partial charge in [0.15, 0.2) is 0 Å². The third-order valence-electron chi connectivity index (χ3n) is 3.34. The molecule has 0 aromatic heterocycles. The Hall–Kier alpha value is -2.34. The van der Waals surface area contributed by atoms with Gasteiger partial charge in [0.25, 0.3) is 0 Å². The van der Waals surface area contributed by atoms with E-state index in [9.17, 15) is 18.4 Å². The van der Waals surface area contributed by atoms with Crippen molar-refractivity contribution in [2.45, 2.75) is 6.92 Å². The maximum atomic E-state index is 13.5. The van der Waals surface area contributed by atoms with E-state index in [0.29, 0.717) is 16.7 Å². The van der Waals surface area contributed by atoms with Crippen molar-refractivity contribution < 1.29 is 23.1 Å². The fourth-order valence-corrected chi connectivity index (χ4v) is 3.15. The molecule has 1 aliphatic carbocycles. The van der Waals surface area contributed by atoms with Gasteiger partial charge in [0.2, 0.25) is 5.78 Å². The van der Waals surface area contributed by atoms with Crippen LogP contribution in [0.3, 0.4) is 0 Å². The minimum atomic E-state index is -0.731. The van der Waals surface area contributed by atoms with Crippen LogP contribution in [0.15, 0.2) is 40.9 Å². The fourth-order valence-electron chi connectivity index (χ4n) is 2.49. The Morgan fingerprint density at radius 3 is 2.30 bits per heavy atom. The predicted octanol–water partition coefficient (Wildman–Crippen LogP) is 4.24. The molecule has 0 fully saturated rings. The lowest BCUT2D eigenvalue weighted by molar-refractivity contribution is -0.131. The van der Waals surface area contributed by atoms with Crippen molar-refractivity contribution in [2.24, 2.45) is 0 Å². The van der Waals surface area contributed by atoms with Gasteiger partial charge in [-0.25, -0.2) is 8.78 Å². The van der Waals surface area contributed by atoms with Crippen LogP contribution < -0.4 is 4.74 Å². The fraction of sp³-hybridized carbons (Fsp3) is 0.0588. The molecule has 1 aliphatic rings. The van der Waals surface area contributed by atoms with Crippen molar-refractivity contribution >= 4 is 33.3 Å². The Balaban J connectivity index is 2.14. The van der Waals surface area contributed by atoms with E-state index in [1.165, 1.54) is 19.1 Å². The van der Waals surface area contributed by atoms with Gasteiger partial charge in [0.1, 0.15) is 17.4 Å². The largest absolute Gasteiger partial charge is 0.427 e. The number of esters is 1. The number of hydrogen-bond acceptors (Lipinski definition) is 3. The van der Waals surface area contributed by atoms with Gasteiger partial charge in [0, 0.05) is 24.1 Å². The summed E-state index contributed by atoms with van der Waals surface area (Å²) in [5.41, 5.74) is 1.47. The number of ketones is 1. The molecule has 0 unspecified atom stereocenters. The van der Waals surface area contributed by atoms with E-state index in [4.69, 9.17) is 4.74 Å². The lowest BCUT2D eigenvalue weighted by Crippen LogP contribution is -2.03. The summed E-state index contributed by atoms with van der Waals surface area (Å²) in [5.74, 6) is -2.07. The first-order chi connectivity index (χ1) is 10.9. The van der Waals surface area contributed by atoms with E-state index in [0.717, 1.165) is 18.2 Å². The molecule has 2 aromatic rings. The second kappa shape index (κ2) is 5.70. The molecular weight excluding hydrogens is 370 g/mol. The standard InChI is InChI=1S/C17H9BrF2O3/c1-8(21)23-12-2-3-13-14(7-12)17(22)16(18)15(13)9-4-10(19)6-11(20)5-9/h2-7H,1H3. The molecule has 0 aliphatic heterocycles. The summed E-state index contributed by atoms with van der Waals surface area (Å²) < 4.78 is 32.1. The van der Waals surface area contributed by atoms with Gasteiger partial charge in [-0.2, -0.15) is 0 Å². The molecule has 0 N–H and O–H groups in total. The van der Waals surface area contributed by atoms with Crippen molar-refractivity contribution in [1.29, 1.82) is 0 Å². The number of fused-ring (bicyclic) bond motifs is 1. The molecule has 2 aromatic carbocycles. The molecule has 3 rings (SSSR count). The van der Waals surface area contributed by atoms with Crippen molar-refractivity contribution in [3.8, 4) is 5.75 Å². The summed E-state index contributed by atoms with van der Waals surface area (Å²) in [4.78, 5) is 23.4. The highest BCUT2D eigenvalue weighted by Gasteiger charge is 2.30. The molecule has 0 saturated heterocycles. The highest BCUT2D eigenvalue weighted by molar-refractivity contribution is 9.12. The molecule has 0 bridgehead atoms. The zero-order chi connectivity index (χ0) is 16.7. The van der Waals surface area contributed by atoms with Crippen molar-refractivity contribution in [3.05, 3.63) is 69.2 Å². The number of ether oxygens (including phenoxy) is 1. The van der Waals surface area contributed by atoms with E-state index in [1.807, 2.05) is 0 Å². The molecule has 0 amide bonds. The van der Waals surface area contributed by atoms with Gasteiger partial charge in [-0.3, -0.25) is 9.59 Å². The summed E-state index contributed by atoms with van der Waals surface area (Å²) >= 11 is 3.19. The van der Waals surface area contributed by atoms with Gasteiger partial charge in [0.05, 0.1) is 4.48 Å². The van der Waals surface area contributed by atoms with Crippen LogP contribution in [-0.4, -0.2) is 11.8 Å². The van der Waals surface area contributed by atoms with E-state index in [1.54, 1.807) is 6.07 Å². The topological polar surface area (TPSA) is 43.4 Å². The second-order valence-corrected chi connectivity index (χ2v) is 5.77. The van der Waals surface area contributed by atoms with Crippen LogP contribution in [-0.2, 0) is 4.79 Å². The summed E-state index contributed by atoms with van der Waals surface area (Å²) in [6.45, 7) is 1.25. The SMILES string of the molecule is CC(=O)Oc1ccc2c(c1)C(=O)C(Br)=C2c1cc(F)cc(F)c1. The van der Waals surface area contributed by atoms with Gasteiger partial charge < -0.3 is 4.74 Å². The lowest BCUT2D eigenvalue weighted by Gasteiger charge is -2.08. The van der Waals surface area contributed by atoms with E-state index >= 15 is 0 Å². The van der Waals surface area contributed by atoms with Gasteiger partial charge >= 0.3 is 5.97 Å². The Morgan fingerprint density at radius 2 is 1.70 bits per heavy atom. The van der Waals surface area contributed by atoms with Gasteiger partial charge in [-0.1, -0.05) is 0 Å². The maximum Gasteiger partial charge on any atom is 0.308 e. The third kappa shape index (κ3) is 2.82. The van der Waals surface area contributed by atoms with Gasteiger partial charge in [-0.05, 0) is 57.4 Å². The number of benzene rings is 2. The normalized spacial score (nSPS) is 13.3. The van der Waals surface area contributed by atoms with Crippen molar-refractivity contribution in [1.82, 2.24) is 0 Å². The summed E-state index contributed by atoms with van der Waals surface area (Å²) in [7, 11) is 0.